The predicted octanol–water partition coefficient (Wildman–Crippen LogP) is 2.48. The molecule has 0 radical (unpaired) electrons. The first-order chi connectivity index (χ1) is 9.89. The van der Waals surface area contributed by atoms with Crippen LogP contribution in [0, 0.1) is 0 Å². The lowest BCUT2D eigenvalue weighted by atomic mass is 9.96. The highest BCUT2D eigenvalue weighted by Gasteiger charge is 2.47. The molecular weight excluding hydrogens is 292 g/mol. The minimum absolute atomic E-state index is 0.103. The van der Waals surface area contributed by atoms with E-state index in [2.05, 4.69) is 5.32 Å². The summed E-state index contributed by atoms with van der Waals surface area (Å²) < 4.78 is 0. The molecule has 5 nitrogen and oxygen atoms in total. The first-order valence-electron chi connectivity index (χ1n) is 6.95. The molecule has 0 aliphatic carbocycles. The number of aliphatic hydroxyl groups is 1. The summed E-state index contributed by atoms with van der Waals surface area (Å²) in [5, 5.41) is 13.3. The lowest BCUT2D eigenvalue weighted by Gasteiger charge is -2.22. The van der Waals surface area contributed by atoms with E-state index < -0.39 is 17.7 Å². The van der Waals surface area contributed by atoms with Gasteiger partial charge in [-0.05, 0) is 19.4 Å². The van der Waals surface area contributed by atoms with Crippen molar-refractivity contribution < 1.29 is 14.7 Å². The van der Waals surface area contributed by atoms with Crippen LogP contribution in [0.3, 0.4) is 0 Å². The number of carbonyl (C=O) groups excluding carboxylic acids is 2. The standard InChI is InChI=1S/C15H19ClN2O3/c1-3-8-15(2)13(20)18(14(21)17-15)9-12(19)10-6-4-5-7-11(10)16/h4-7,12,19H,3,8-9H2,1-2H3,(H,17,21)/t12-,15-/m1/s1. The molecule has 0 aromatic heterocycles. The van der Waals surface area contributed by atoms with Crippen molar-refractivity contribution in [3.63, 3.8) is 0 Å². The number of benzene rings is 1. The number of β-amino-alcohol motifs (C(OH)–C–C–N with tert-alkyl or cyclic N) is 1. The Balaban J connectivity index is 2.15. The summed E-state index contributed by atoms with van der Waals surface area (Å²) in [5.74, 6) is -0.305. The fraction of sp³-hybridized carbons (Fsp3) is 0.467. The molecule has 1 aromatic rings. The van der Waals surface area contributed by atoms with Gasteiger partial charge < -0.3 is 10.4 Å². The zero-order valence-corrected chi connectivity index (χ0v) is 12.9. The molecule has 1 saturated heterocycles. The van der Waals surface area contributed by atoms with Crippen LogP contribution in [0.4, 0.5) is 4.79 Å². The third-order valence-electron chi connectivity index (χ3n) is 3.71. The van der Waals surface area contributed by atoms with E-state index in [9.17, 15) is 14.7 Å². The van der Waals surface area contributed by atoms with Gasteiger partial charge in [0, 0.05) is 10.6 Å². The molecule has 6 heteroatoms. The zero-order valence-electron chi connectivity index (χ0n) is 12.1. The van der Waals surface area contributed by atoms with Gasteiger partial charge in [-0.3, -0.25) is 9.69 Å². The third-order valence-corrected chi connectivity index (χ3v) is 4.06. The first kappa shape index (κ1) is 15.8. The lowest BCUT2D eigenvalue weighted by molar-refractivity contribution is -0.132. The number of nitrogens with zero attached hydrogens (tertiary/aromatic N) is 1. The third kappa shape index (κ3) is 3.04. The van der Waals surface area contributed by atoms with Crippen LogP contribution in [0.5, 0.6) is 0 Å². The van der Waals surface area contributed by atoms with Crippen LogP contribution >= 0.6 is 11.6 Å². The van der Waals surface area contributed by atoms with Gasteiger partial charge in [-0.15, -0.1) is 0 Å². The summed E-state index contributed by atoms with van der Waals surface area (Å²) in [5.41, 5.74) is -0.379. The van der Waals surface area contributed by atoms with Gasteiger partial charge in [-0.1, -0.05) is 43.1 Å². The lowest BCUT2D eigenvalue weighted by Crippen LogP contribution is -2.44. The maximum atomic E-state index is 12.4. The molecule has 2 rings (SSSR count). The van der Waals surface area contributed by atoms with Gasteiger partial charge in [-0.25, -0.2) is 4.79 Å². The SMILES string of the molecule is CCC[C@@]1(C)NC(=O)N(C[C@@H](O)c2ccccc2Cl)C1=O. The van der Waals surface area contributed by atoms with E-state index in [0.29, 0.717) is 17.0 Å². The smallest absolute Gasteiger partial charge is 0.325 e. The van der Waals surface area contributed by atoms with E-state index in [1.807, 2.05) is 6.92 Å². The van der Waals surface area contributed by atoms with E-state index in [1.165, 1.54) is 0 Å². The van der Waals surface area contributed by atoms with Crippen molar-refractivity contribution in [2.45, 2.75) is 38.3 Å². The average molecular weight is 311 g/mol. The monoisotopic (exact) mass is 310 g/mol. The second kappa shape index (κ2) is 6.03. The fourth-order valence-electron chi connectivity index (χ4n) is 2.60. The Labute approximate surface area is 128 Å². The van der Waals surface area contributed by atoms with E-state index in [1.54, 1.807) is 31.2 Å². The summed E-state index contributed by atoms with van der Waals surface area (Å²) in [6.07, 6.45) is 0.344. The molecule has 0 saturated carbocycles. The summed E-state index contributed by atoms with van der Waals surface area (Å²) in [4.78, 5) is 25.4. The summed E-state index contributed by atoms with van der Waals surface area (Å²) in [7, 11) is 0. The average Bonchev–Trinajstić information content (AvgIpc) is 2.63. The van der Waals surface area contributed by atoms with E-state index in [0.717, 1.165) is 11.3 Å². The topological polar surface area (TPSA) is 69.6 Å². The van der Waals surface area contributed by atoms with Gasteiger partial charge in [0.15, 0.2) is 0 Å². The quantitative estimate of drug-likeness (QED) is 0.821. The van der Waals surface area contributed by atoms with E-state index in [-0.39, 0.29) is 12.5 Å². The maximum Gasteiger partial charge on any atom is 0.325 e. The van der Waals surface area contributed by atoms with Crippen LogP contribution in [0.15, 0.2) is 24.3 Å². The molecule has 0 unspecified atom stereocenters. The normalized spacial score (nSPS) is 23.3. The first-order valence-corrected chi connectivity index (χ1v) is 7.33. The molecule has 1 aliphatic heterocycles. The van der Waals surface area contributed by atoms with Gasteiger partial charge >= 0.3 is 6.03 Å². The highest BCUT2D eigenvalue weighted by Crippen LogP contribution is 2.27. The summed E-state index contributed by atoms with van der Waals surface area (Å²) >= 11 is 6.02. The van der Waals surface area contributed by atoms with Gasteiger partial charge in [0.2, 0.25) is 0 Å². The Bertz CT molecular complexity index is 564. The maximum absolute atomic E-state index is 12.4. The van der Waals surface area contributed by atoms with Crippen molar-refractivity contribution in [3.05, 3.63) is 34.9 Å². The zero-order chi connectivity index (χ0) is 15.6. The highest BCUT2D eigenvalue weighted by atomic mass is 35.5. The molecule has 21 heavy (non-hydrogen) atoms. The van der Waals surface area contributed by atoms with Gasteiger partial charge in [0.05, 0.1) is 12.6 Å². The number of nitrogens with one attached hydrogen (secondary N) is 1. The molecule has 0 spiro atoms. The van der Waals surface area contributed by atoms with Crippen molar-refractivity contribution in [2.24, 2.45) is 0 Å². The number of hydrogen-bond acceptors (Lipinski definition) is 3. The van der Waals surface area contributed by atoms with E-state index in [4.69, 9.17) is 11.6 Å². The Hall–Kier alpha value is -1.59. The molecule has 0 bridgehead atoms. The predicted molar refractivity (Wildman–Crippen MR) is 80.0 cm³/mol. The molecule has 2 N–H and O–H groups in total. The summed E-state index contributed by atoms with van der Waals surface area (Å²) in [6, 6.07) is 6.37. The van der Waals surface area contributed by atoms with Crippen LogP contribution < -0.4 is 5.32 Å². The van der Waals surface area contributed by atoms with Gasteiger partial charge in [-0.2, -0.15) is 0 Å². The second-order valence-electron chi connectivity index (χ2n) is 5.47. The number of amides is 3. The molecule has 1 aliphatic rings. The van der Waals surface area contributed by atoms with Crippen molar-refractivity contribution in [3.8, 4) is 0 Å². The van der Waals surface area contributed by atoms with Crippen LogP contribution in [-0.4, -0.2) is 34.0 Å². The Morgan fingerprint density at radius 1 is 1.38 bits per heavy atom. The molecule has 114 valence electrons. The molecule has 1 aromatic carbocycles. The van der Waals surface area contributed by atoms with Crippen LogP contribution in [0.25, 0.3) is 0 Å². The van der Waals surface area contributed by atoms with Crippen molar-refractivity contribution in [1.29, 1.82) is 0 Å². The molecule has 2 atom stereocenters. The molecular formula is C15H19ClN2O3. The van der Waals surface area contributed by atoms with Crippen LogP contribution in [0.1, 0.15) is 38.4 Å². The Morgan fingerprint density at radius 2 is 2.05 bits per heavy atom. The van der Waals surface area contributed by atoms with Crippen molar-refractivity contribution in [2.75, 3.05) is 6.54 Å². The molecule has 3 amide bonds. The van der Waals surface area contributed by atoms with Crippen LogP contribution in [0.2, 0.25) is 5.02 Å². The fourth-order valence-corrected chi connectivity index (χ4v) is 2.86. The molecule has 1 heterocycles. The number of imide groups is 1. The Morgan fingerprint density at radius 3 is 2.67 bits per heavy atom. The number of halogens is 1. The number of hydrogen-bond donors (Lipinski definition) is 2. The van der Waals surface area contributed by atoms with Gasteiger partial charge in [0.25, 0.3) is 5.91 Å². The molecule has 1 fully saturated rings. The van der Waals surface area contributed by atoms with E-state index >= 15 is 0 Å². The van der Waals surface area contributed by atoms with Crippen molar-refractivity contribution >= 4 is 23.5 Å². The number of carbonyl (C=O) groups is 2. The minimum atomic E-state index is -1.00. The highest BCUT2D eigenvalue weighted by molar-refractivity contribution is 6.31. The second-order valence-corrected chi connectivity index (χ2v) is 5.87. The van der Waals surface area contributed by atoms with Gasteiger partial charge in [0.1, 0.15) is 5.54 Å². The minimum Gasteiger partial charge on any atom is -0.386 e. The largest absolute Gasteiger partial charge is 0.386 e. The van der Waals surface area contributed by atoms with Crippen molar-refractivity contribution in [1.82, 2.24) is 10.2 Å². The Kier molecular flexibility index (Phi) is 4.54. The number of aliphatic hydroxyl groups excluding tert-OH is 1. The number of rotatable bonds is 5. The summed E-state index contributed by atoms with van der Waals surface area (Å²) in [6.45, 7) is 3.55. The van der Waals surface area contributed by atoms with Crippen LogP contribution in [-0.2, 0) is 4.79 Å². The number of urea groups is 1.